The van der Waals surface area contributed by atoms with Crippen molar-refractivity contribution in [2.75, 3.05) is 19.1 Å². The second-order valence-corrected chi connectivity index (χ2v) is 13.7. The minimum absolute atomic E-state index is 0.0239. The van der Waals surface area contributed by atoms with E-state index >= 15 is 0 Å². The van der Waals surface area contributed by atoms with Crippen molar-refractivity contribution in [1.29, 1.82) is 0 Å². The van der Waals surface area contributed by atoms with Gasteiger partial charge in [0.15, 0.2) is 11.8 Å². The maximum atomic E-state index is 14.4. The minimum atomic E-state index is -0.946. The van der Waals surface area contributed by atoms with Crippen LogP contribution in [0, 0.1) is 0 Å². The lowest BCUT2D eigenvalue weighted by atomic mass is 9.81. The minimum Gasteiger partial charge on any atom is -0.506 e. The number of phenols is 1. The summed E-state index contributed by atoms with van der Waals surface area (Å²) in [6.45, 7) is 9.87. The summed E-state index contributed by atoms with van der Waals surface area (Å²) in [5.41, 5.74) is 2.44. The third-order valence-corrected chi connectivity index (χ3v) is 12.6. The zero-order valence-corrected chi connectivity index (χ0v) is 25.3. The van der Waals surface area contributed by atoms with E-state index in [-0.39, 0.29) is 23.4 Å². The van der Waals surface area contributed by atoms with Crippen LogP contribution in [0.3, 0.4) is 0 Å². The normalized spacial score (nSPS) is 22.8. The summed E-state index contributed by atoms with van der Waals surface area (Å²) in [6.07, 6.45) is 0.550. The zero-order chi connectivity index (χ0) is 28.4. The Hall–Kier alpha value is -2.76. The Morgan fingerprint density at radius 1 is 1.03 bits per heavy atom. The van der Waals surface area contributed by atoms with Gasteiger partial charge in [0.1, 0.15) is 15.9 Å². The maximum absolute atomic E-state index is 14.4. The molecule has 1 amide bonds. The molecule has 11 heteroatoms. The number of aromatic nitrogens is 1. The molecule has 3 aliphatic rings. The van der Waals surface area contributed by atoms with Gasteiger partial charge < -0.3 is 24.8 Å². The van der Waals surface area contributed by atoms with Crippen molar-refractivity contribution in [3.63, 3.8) is 0 Å². The molecule has 5 rings (SSSR count). The highest BCUT2D eigenvalue weighted by molar-refractivity contribution is 8.25. The number of ether oxygens (including phenoxy) is 2. The number of rotatable bonds is 5. The number of anilines is 1. The van der Waals surface area contributed by atoms with E-state index in [0.717, 1.165) is 26.5 Å². The number of benzene rings is 1. The molecule has 2 atom stereocenters. The van der Waals surface area contributed by atoms with Crippen molar-refractivity contribution < 1.29 is 29.6 Å². The first kappa shape index (κ1) is 27.8. The first-order valence-electron chi connectivity index (χ1n) is 12.5. The van der Waals surface area contributed by atoms with Gasteiger partial charge in [0.05, 0.1) is 25.4 Å². The summed E-state index contributed by atoms with van der Waals surface area (Å²) in [7, 11) is 3.26. The quantitative estimate of drug-likeness (QED) is 0.351. The molecule has 4 heterocycles. The van der Waals surface area contributed by atoms with Gasteiger partial charge in [-0.25, -0.2) is 0 Å². The van der Waals surface area contributed by atoms with Crippen molar-refractivity contribution in [2.45, 2.75) is 56.7 Å². The van der Waals surface area contributed by atoms with Crippen molar-refractivity contribution in [3.8, 4) is 17.5 Å². The van der Waals surface area contributed by atoms with Crippen LogP contribution in [0.4, 0.5) is 5.69 Å². The lowest BCUT2D eigenvalue weighted by molar-refractivity contribution is -0.122. The smallest absolute Gasteiger partial charge is 0.250 e. The molecule has 1 aromatic heterocycles. The van der Waals surface area contributed by atoms with E-state index in [2.05, 4.69) is 13.8 Å². The Kier molecular flexibility index (Phi) is 6.92. The fraction of sp³-hybridized carbons (Fsp3) is 0.393. The molecular formula is C28H32N2O6S3. The van der Waals surface area contributed by atoms with Crippen molar-refractivity contribution in [1.82, 2.24) is 4.57 Å². The average molecular weight is 589 g/mol. The summed E-state index contributed by atoms with van der Waals surface area (Å²) < 4.78 is 12.0. The number of allylic oxidation sites excluding steroid dienone is 1. The first-order valence-corrected chi connectivity index (χ1v) is 15.0. The van der Waals surface area contributed by atoms with Crippen molar-refractivity contribution >= 4 is 52.5 Å². The number of carbonyl (C=O) groups is 1. The third-order valence-electron chi connectivity index (χ3n) is 7.86. The first-order chi connectivity index (χ1) is 18.5. The van der Waals surface area contributed by atoms with Crippen LogP contribution in [-0.4, -0.2) is 49.6 Å². The van der Waals surface area contributed by atoms with Gasteiger partial charge in [-0.15, -0.1) is 0 Å². The van der Waals surface area contributed by atoms with Crippen LogP contribution >= 0.6 is 35.3 Å². The number of thioether (sulfide) groups is 3. The molecule has 2 unspecified atom stereocenters. The largest absolute Gasteiger partial charge is 0.506 e. The number of phenolic OH excluding ortho intramolecular Hbond substituents is 1. The number of hydrogen-bond donors (Lipinski definition) is 3. The molecule has 1 spiro atoms. The highest BCUT2D eigenvalue weighted by Crippen LogP contribution is 2.71. The Labute approximate surface area is 240 Å². The van der Waals surface area contributed by atoms with E-state index in [1.165, 1.54) is 16.7 Å². The molecule has 0 fully saturated rings. The molecule has 8 nitrogen and oxygen atoms in total. The number of carbonyl (C=O) groups excluding carboxylic acids is 1. The van der Waals surface area contributed by atoms with Crippen LogP contribution in [0.15, 0.2) is 55.9 Å². The van der Waals surface area contributed by atoms with Crippen molar-refractivity contribution in [2.24, 2.45) is 0 Å². The van der Waals surface area contributed by atoms with Gasteiger partial charge in [-0.2, -0.15) is 0 Å². The van der Waals surface area contributed by atoms with E-state index in [1.54, 1.807) is 73.5 Å². The number of nitrogens with zero attached hydrogens (tertiary/aromatic N) is 2. The molecule has 0 saturated heterocycles. The van der Waals surface area contributed by atoms with Gasteiger partial charge in [-0.05, 0) is 50.7 Å². The molecule has 1 aromatic carbocycles. The van der Waals surface area contributed by atoms with Gasteiger partial charge in [-0.1, -0.05) is 54.3 Å². The molecule has 3 N–H and O–H groups in total. The highest BCUT2D eigenvalue weighted by Gasteiger charge is 2.58. The van der Waals surface area contributed by atoms with Crippen LogP contribution in [0.1, 0.15) is 52.6 Å². The zero-order valence-electron chi connectivity index (χ0n) is 22.9. The van der Waals surface area contributed by atoms with Gasteiger partial charge in [-0.3, -0.25) is 14.3 Å². The predicted octanol–water partition coefficient (Wildman–Crippen LogP) is 6.73. The summed E-state index contributed by atoms with van der Waals surface area (Å²) in [4.78, 5) is 18.2. The van der Waals surface area contributed by atoms with Crippen LogP contribution in [0.5, 0.6) is 17.5 Å². The van der Waals surface area contributed by atoms with Crippen LogP contribution in [0.25, 0.3) is 5.57 Å². The fourth-order valence-electron chi connectivity index (χ4n) is 5.51. The van der Waals surface area contributed by atoms with Gasteiger partial charge in [0.25, 0.3) is 5.91 Å². The van der Waals surface area contributed by atoms with Gasteiger partial charge in [0.2, 0.25) is 10.2 Å². The topological polar surface area (TPSA) is 104 Å². The summed E-state index contributed by atoms with van der Waals surface area (Å²) >= 11 is 4.79. The van der Waals surface area contributed by atoms with E-state index in [4.69, 9.17) is 9.47 Å². The fourth-order valence-corrected chi connectivity index (χ4v) is 10.3. The molecule has 0 saturated carbocycles. The lowest BCUT2D eigenvalue weighted by Gasteiger charge is -2.52. The number of methoxy groups -OCH3 is 2. The summed E-state index contributed by atoms with van der Waals surface area (Å²) in [5.74, 6) is -0.825. The van der Waals surface area contributed by atoms with E-state index in [1.807, 2.05) is 19.9 Å². The molecule has 208 valence electrons. The SMILES string of the molecule is CCC1(C)C2=C(c3cccc(O)c3N1C(=O)C(C)n1c(O)ccc1O)C1(SC(OC)=C(OC)S1)C(C)=C(C)S2. The van der Waals surface area contributed by atoms with Crippen LogP contribution in [-0.2, 0) is 14.3 Å². The number of fused-ring (bicyclic) bond motifs is 3. The third kappa shape index (κ3) is 3.80. The number of para-hydroxylation sites is 1. The summed E-state index contributed by atoms with van der Waals surface area (Å²) in [6, 6.07) is 7.05. The van der Waals surface area contributed by atoms with Gasteiger partial charge >= 0.3 is 0 Å². The Bertz CT molecular complexity index is 1440. The summed E-state index contributed by atoms with van der Waals surface area (Å²) in [5, 5.41) is 33.5. The number of hydrogen-bond acceptors (Lipinski definition) is 9. The second-order valence-electron chi connectivity index (χ2n) is 9.86. The van der Waals surface area contributed by atoms with Crippen molar-refractivity contribution in [3.05, 3.63) is 61.5 Å². The molecule has 3 aliphatic heterocycles. The van der Waals surface area contributed by atoms with E-state index in [9.17, 15) is 20.1 Å². The molecule has 0 aliphatic carbocycles. The van der Waals surface area contributed by atoms with E-state index in [0.29, 0.717) is 22.3 Å². The Morgan fingerprint density at radius 2 is 1.62 bits per heavy atom. The molecule has 39 heavy (non-hydrogen) atoms. The molecule has 0 radical (unpaired) electrons. The highest BCUT2D eigenvalue weighted by atomic mass is 32.2. The number of aromatic hydroxyl groups is 3. The Morgan fingerprint density at radius 3 is 2.15 bits per heavy atom. The standard InChI is InChI=1S/C28H32N2O6S3/c1-8-27(5)23-21(28(14(2)16(4)37-23)38-25(35-6)26(36-7)39-28)17-10-9-11-18(31)22(17)30(27)24(34)15(3)29-19(32)12-13-20(29)33/h9-13,15,31-33H,8H2,1-7H3. The maximum Gasteiger partial charge on any atom is 0.250 e. The van der Waals surface area contributed by atoms with Gasteiger partial charge in [0, 0.05) is 28.2 Å². The Balaban J connectivity index is 1.78. The lowest BCUT2D eigenvalue weighted by Crippen LogP contribution is -2.56. The monoisotopic (exact) mass is 588 g/mol. The number of amides is 1. The predicted molar refractivity (Wildman–Crippen MR) is 159 cm³/mol. The molecular weight excluding hydrogens is 557 g/mol. The van der Waals surface area contributed by atoms with Crippen LogP contribution < -0.4 is 4.90 Å². The molecule has 0 bridgehead atoms. The second kappa shape index (κ2) is 9.71. The molecule has 2 aromatic rings. The van der Waals surface area contributed by atoms with Crippen LogP contribution in [0.2, 0.25) is 0 Å². The average Bonchev–Trinajstić information content (AvgIpc) is 3.46. The van der Waals surface area contributed by atoms with E-state index < -0.39 is 15.7 Å².